The fourth-order valence-electron chi connectivity index (χ4n) is 1.48. The number of halogens is 2. The molecular weight excluding hydrogens is 187 g/mol. The third-order valence-corrected chi connectivity index (χ3v) is 2.43. The smallest absolute Gasteiger partial charge is 0.0625 e. The Kier molecular flexibility index (Phi) is 4.08. The van der Waals surface area contributed by atoms with Crippen LogP contribution in [-0.2, 0) is 4.74 Å². The predicted molar refractivity (Wildman–Crippen MR) is 48.6 cm³/mol. The highest BCUT2D eigenvalue weighted by atomic mass is 35.5. The van der Waals surface area contributed by atoms with Gasteiger partial charge in [-0.1, -0.05) is 0 Å². The van der Waals surface area contributed by atoms with Gasteiger partial charge in [0, 0.05) is 24.5 Å². The summed E-state index contributed by atoms with van der Waals surface area (Å²) in [4.78, 5) is 0. The second-order valence-electron chi connectivity index (χ2n) is 3.09. The highest BCUT2D eigenvalue weighted by Crippen LogP contribution is 2.30. The van der Waals surface area contributed by atoms with Gasteiger partial charge in [-0.25, -0.2) is 0 Å². The summed E-state index contributed by atoms with van der Waals surface area (Å²) in [6, 6.07) is 0.277. The summed E-state index contributed by atoms with van der Waals surface area (Å²) < 4.78 is 5.25. The normalized spacial score (nSPS) is 31.9. The second kappa shape index (κ2) is 3.92. The molecule has 2 aliphatic heterocycles. The lowest BCUT2D eigenvalue weighted by molar-refractivity contribution is 0.108. The van der Waals surface area contributed by atoms with E-state index in [1.54, 1.807) is 0 Å². The Bertz CT molecular complexity index is 130. The molecule has 1 spiro atoms. The van der Waals surface area contributed by atoms with Gasteiger partial charge in [0.2, 0.25) is 0 Å². The van der Waals surface area contributed by atoms with E-state index >= 15 is 0 Å². The first-order valence-corrected chi connectivity index (χ1v) is 3.38. The molecule has 0 amide bonds. The summed E-state index contributed by atoms with van der Waals surface area (Å²) in [5.74, 6) is 0. The van der Waals surface area contributed by atoms with Crippen LogP contribution in [0.4, 0.5) is 0 Å². The van der Waals surface area contributed by atoms with Gasteiger partial charge < -0.3 is 15.8 Å². The molecule has 0 unspecified atom stereocenters. The van der Waals surface area contributed by atoms with Gasteiger partial charge in [0.05, 0.1) is 13.2 Å². The van der Waals surface area contributed by atoms with E-state index in [1.807, 2.05) is 0 Å². The summed E-state index contributed by atoms with van der Waals surface area (Å²) >= 11 is 0. The average molecular weight is 201 g/mol. The average Bonchev–Trinajstić information content (AvgIpc) is 2.07. The van der Waals surface area contributed by atoms with Crippen LogP contribution >= 0.6 is 24.8 Å². The Morgan fingerprint density at radius 1 is 1.36 bits per heavy atom. The van der Waals surface area contributed by atoms with Gasteiger partial charge in [-0.2, -0.15) is 0 Å². The molecule has 2 aliphatic rings. The molecule has 0 aromatic heterocycles. The molecule has 2 fully saturated rings. The highest BCUT2D eigenvalue weighted by molar-refractivity contribution is 5.85. The predicted octanol–water partition coefficient (Wildman–Crippen LogP) is -0.223. The first-order chi connectivity index (χ1) is 4.33. The van der Waals surface area contributed by atoms with Crippen molar-refractivity contribution in [3.05, 3.63) is 0 Å². The van der Waals surface area contributed by atoms with Crippen LogP contribution in [0.5, 0.6) is 0 Å². The van der Waals surface area contributed by atoms with Crippen molar-refractivity contribution < 1.29 is 4.74 Å². The molecule has 1 atom stereocenters. The molecule has 5 heteroatoms. The van der Waals surface area contributed by atoms with Gasteiger partial charge in [0.15, 0.2) is 0 Å². The lowest BCUT2D eigenvalue weighted by Crippen LogP contribution is -2.62. The molecule has 2 rings (SSSR count). The van der Waals surface area contributed by atoms with E-state index in [2.05, 4.69) is 5.32 Å². The van der Waals surface area contributed by atoms with E-state index in [0.29, 0.717) is 5.41 Å². The molecule has 3 nitrogen and oxygen atoms in total. The van der Waals surface area contributed by atoms with Gasteiger partial charge in [-0.3, -0.25) is 0 Å². The van der Waals surface area contributed by atoms with Crippen LogP contribution in [0.15, 0.2) is 0 Å². The fraction of sp³-hybridized carbons (Fsp3) is 1.00. The van der Waals surface area contributed by atoms with Crippen LogP contribution in [0.3, 0.4) is 0 Å². The van der Waals surface area contributed by atoms with Crippen molar-refractivity contribution in [1.82, 2.24) is 5.32 Å². The van der Waals surface area contributed by atoms with Gasteiger partial charge in [0.1, 0.15) is 0 Å². The zero-order chi connectivity index (χ0) is 6.32. The Labute approximate surface area is 78.9 Å². The van der Waals surface area contributed by atoms with Crippen molar-refractivity contribution in [3.63, 3.8) is 0 Å². The van der Waals surface area contributed by atoms with Gasteiger partial charge >= 0.3 is 0 Å². The van der Waals surface area contributed by atoms with E-state index in [-0.39, 0.29) is 30.9 Å². The first-order valence-electron chi connectivity index (χ1n) is 3.38. The number of nitrogens with one attached hydrogen (secondary N) is 1. The molecule has 2 heterocycles. The number of ether oxygens (including phenoxy) is 1. The van der Waals surface area contributed by atoms with E-state index in [4.69, 9.17) is 10.5 Å². The molecule has 0 bridgehead atoms. The summed E-state index contributed by atoms with van der Waals surface area (Å²) in [6.07, 6.45) is 0. The number of hydrogen-bond acceptors (Lipinski definition) is 3. The Morgan fingerprint density at radius 3 is 2.18 bits per heavy atom. The molecule has 0 aromatic rings. The molecule has 0 radical (unpaired) electrons. The standard InChI is InChI=1S/C6H12N2O.2ClH/c7-5-1-9-4-6(5)2-8-3-6;;/h5,8H,1-4,7H2;2*1H/t5-;;/m0../s1. The van der Waals surface area contributed by atoms with Crippen LogP contribution < -0.4 is 11.1 Å². The maximum atomic E-state index is 5.81. The highest BCUT2D eigenvalue weighted by Gasteiger charge is 2.46. The Balaban J connectivity index is 0.000000500. The van der Waals surface area contributed by atoms with Crippen molar-refractivity contribution >= 4 is 24.8 Å². The van der Waals surface area contributed by atoms with Crippen molar-refractivity contribution in [2.45, 2.75) is 6.04 Å². The minimum atomic E-state index is 0. The largest absolute Gasteiger partial charge is 0.379 e. The molecule has 0 aliphatic carbocycles. The van der Waals surface area contributed by atoms with Crippen molar-refractivity contribution in [1.29, 1.82) is 0 Å². The molecule has 11 heavy (non-hydrogen) atoms. The number of hydrogen-bond donors (Lipinski definition) is 2. The zero-order valence-electron chi connectivity index (χ0n) is 6.21. The summed E-state index contributed by atoms with van der Waals surface area (Å²) in [7, 11) is 0. The molecule has 0 aromatic carbocycles. The lowest BCUT2D eigenvalue weighted by atomic mass is 9.78. The Morgan fingerprint density at radius 2 is 2.00 bits per heavy atom. The summed E-state index contributed by atoms with van der Waals surface area (Å²) in [5, 5.41) is 3.21. The van der Waals surface area contributed by atoms with Crippen LogP contribution in [-0.4, -0.2) is 32.3 Å². The van der Waals surface area contributed by atoms with E-state index in [9.17, 15) is 0 Å². The van der Waals surface area contributed by atoms with Crippen molar-refractivity contribution in [2.24, 2.45) is 11.1 Å². The van der Waals surface area contributed by atoms with Crippen molar-refractivity contribution in [3.8, 4) is 0 Å². The number of rotatable bonds is 0. The maximum Gasteiger partial charge on any atom is 0.0625 e. The molecule has 0 saturated carbocycles. The topological polar surface area (TPSA) is 47.3 Å². The third kappa shape index (κ3) is 1.63. The minimum Gasteiger partial charge on any atom is -0.379 e. The SMILES string of the molecule is Cl.Cl.N[C@H]1COCC12CNC2. The van der Waals surface area contributed by atoms with E-state index in [1.165, 1.54) is 0 Å². The molecule has 2 saturated heterocycles. The minimum absolute atomic E-state index is 0. The Hall–Kier alpha value is 0.460. The van der Waals surface area contributed by atoms with Gasteiger partial charge in [-0.05, 0) is 0 Å². The fourth-order valence-corrected chi connectivity index (χ4v) is 1.48. The maximum absolute atomic E-state index is 5.81. The number of nitrogens with two attached hydrogens (primary N) is 1. The lowest BCUT2D eigenvalue weighted by Gasteiger charge is -2.40. The summed E-state index contributed by atoms with van der Waals surface area (Å²) in [6.45, 7) is 3.71. The van der Waals surface area contributed by atoms with Gasteiger partial charge in [-0.15, -0.1) is 24.8 Å². The quantitative estimate of drug-likeness (QED) is 0.569. The van der Waals surface area contributed by atoms with E-state index in [0.717, 1.165) is 26.3 Å². The van der Waals surface area contributed by atoms with Crippen LogP contribution in [0.2, 0.25) is 0 Å². The first kappa shape index (κ1) is 11.5. The van der Waals surface area contributed by atoms with Crippen LogP contribution in [0.1, 0.15) is 0 Å². The van der Waals surface area contributed by atoms with Crippen LogP contribution in [0.25, 0.3) is 0 Å². The van der Waals surface area contributed by atoms with E-state index < -0.39 is 0 Å². The van der Waals surface area contributed by atoms with Gasteiger partial charge in [0.25, 0.3) is 0 Å². The zero-order valence-corrected chi connectivity index (χ0v) is 7.84. The van der Waals surface area contributed by atoms with Crippen LogP contribution in [0, 0.1) is 5.41 Å². The summed E-state index contributed by atoms with van der Waals surface area (Å²) in [5.41, 5.74) is 6.13. The molecular formula is C6H14Cl2N2O. The second-order valence-corrected chi connectivity index (χ2v) is 3.09. The third-order valence-electron chi connectivity index (χ3n) is 2.43. The molecule has 68 valence electrons. The monoisotopic (exact) mass is 200 g/mol. The van der Waals surface area contributed by atoms with Crippen molar-refractivity contribution in [2.75, 3.05) is 26.3 Å². The molecule has 3 N–H and O–H groups in total.